The average molecular weight is 403 g/mol. The minimum atomic E-state index is -0.512. The summed E-state index contributed by atoms with van der Waals surface area (Å²) in [5.74, 6) is 0.245. The number of hydrogen-bond acceptors (Lipinski definition) is 4. The molecule has 0 heterocycles. The Labute approximate surface area is 176 Å². The molecule has 1 N–H and O–H groups in total. The first-order valence-corrected chi connectivity index (χ1v) is 9.70. The maximum Gasteiger partial charge on any atom is 0.349 e. The first kappa shape index (κ1) is 21.1. The van der Waals surface area contributed by atoms with Gasteiger partial charge in [-0.1, -0.05) is 23.8 Å². The number of carbonyl (C=O) groups excluding carboxylic acids is 2. The number of amides is 1. The predicted molar refractivity (Wildman–Crippen MR) is 117 cm³/mol. The lowest BCUT2D eigenvalue weighted by Crippen LogP contribution is -2.18. The summed E-state index contributed by atoms with van der Waals surface area (Å²) in [6.45, 7) is 7.70. The van der Waals surface area contributed by atoms with Gasteiger partial charge in [0.2, 0.25) is 0 Å². The molecule has 3 aromatic rings. The van der Waals surface area contributed by atoms with Gasteiger partial charge in [0.25, 0.3) is 5.91 Å². The van der Waals surface area contributed by atoms with Gasteiger partial charge in [0.05, 0.1) is 0 Å². The van der Waals surface area contributed by atoms with E-state index in [2.05, 4.69) is 5.32 Å². The van der Waals surface area contributed by atoms with Gasteiger partial charge in [0, 0.05) is 11.3 Å². The number of ether oxygens (including phenoxy) is 2. The molecule has 154 valence electrons. The number of anilines is 1. The summed E-state index contributed by atoms with van der Waals surface area (Å²) >= 11 is 0. The number of benzene rings is 3. The number of nitrogens with one attached hydrogen (secondary N) is 1. The van der Waals surface area contributed by atoms with Crippen molar-refractivity contribution < 1.29 is 19.1 Å². The van der Waals surface area contributed by atoms with E-state index in [1.807, 2.05) is 64.1 Å². The van der Waals surface area contributed by atoms with E-state index < -0.39 is 5.97 Å². The Balaban J connectivity index is 1.55. The highest BCUT2D eigenvalue weighted by Gasteiger charge is 2.10. The lowest BCUT2D eigenvalue weighted by atomic mass is 10.1. The number of hydrogen-bond donors (Lipinski definition) is 1. The zero-order valence-corrected chi connectivity index (χ0v) is 17.6. The second kappa shape index (κ2) is 9.27. The molecule has 3 rings (SSSR count). The Morgan fingerprint density at radius 1 is 0.767 bits per heavy atom. The van der Waals surface area contributed by atoms with Crippen molar-refractivity contribution in [1.29, 1.82) is 0 Å². The first-order valence-electron chi connectivity index (χ1n) is 9.70. The summed E-state index contributed by atoms with van der Waals surface area (Å²) in [7, 11) is 0. The van der Waals surface area contributed by atoms with Gasteiger partial charge in [-0.25, -0.2) is 4.79 Å². The highest BCUT2D eigenvalue weighted by Crippen LogP contribution is 2.19. The molecule has 0 aliphatic heterocycles. The van der Waals surface area contributed by atoms with Gasteiger partial charge in [-0.15, -0.1) is 0 Å². The summed E-state index contributed by atoms with van der Waals surface area (Å²) in [4.78, 5) is 24.5. The fraction of sp³-hybridized carbons (Fsp3) is 0.200. The minimum Gasteiger partial charge on any atom is -0.482 e. The van der Waals surface area contributed by atoms with Crippen LogP contribution in [0.15, 0.2) is 60.7 Å². The van der Waals surface area contributed by atoms with E-state index in [1.165, 1.54) is 0 Å². The average Bonchev–Trinajstić information content (AvgIpc) is 2.68. The van der Waals surface area contributed by atoms with Gasteiger partial charge in [-0.3, -0.25) is 4.79 Å². The van der Waals surface area contributed by atoms with Crippen LogP contribution >= 0.6 is 0 Å². The van der Waals surface area contributed by atoms with E-state index in [1.54, 1.807) is 24.3 Å². The van der Waals surface area contributed by atoms with Gasteiger partial charge >= 0.3 is 5.97 Å². The molecule has 0 fully saturated rings. The molecule has 0 atom stereocenters. The highest BCUT2D eigenvalue weighted by atomic mass is 16.6. The van der Waals surface area contributed by atoms with Crippen LogP contribution in [0.3, 0.4) is 0 Å². The third kappa shape index (κ3) is 5.70. The molecular formula is C25H25NO4. The molecule has 0 saturated heterocycles. The van der Waals surface area contributed by atoms with Crippen molar-refractivity contribution in [3.8, 4) is 11.5 Å². The Morgan fingerprint density at radius 2 is 1.43 bits per heavy atom. The van der Waals surface area contributed by atoms with Gasteiger partial charge in [-0.05, 0) is 86.8 Å². The smallest absolute Gasteiger partial charge is 0.349 e. The summed E-state index contributed by atoms with van der Waals surface area (Å²) in [6, 6.07) is 18.0. The van der Waals surface area contributed by atoms with Crippen LogP contribution in [0.4, 0.5) is 5.69 Å². The Hall–Kier alpha value is -3.60. The predicted octanol–water partition coefficient (Wildman–Crippen LogP) is 5.16. The number of carbonyl (C=O) groups is 2. The van der Waals surface area contributed by atoms with Crippen LogP contribution < -0.4 is 14.8 Å². The third-order valence-electron chi connectivity index (χ3n) is 4.53. The molecule has 0 saturated carbocycles. The van der Waals surface area contributed by atoms with Gasteiger partial charge in [0.1, 0.15) is 11.5 Å². The lowest BCUT2D eigenvalue weighted by molar-refractivity contribution is -0.136. The van der Waals surface area contributed by atoms with Crippen molar-refractivity contribution in [3.05, 3.63) is 88.5 Å². The van der Waals surface area contributed by atoms with E-state index in [0.29, 0.717) is 17.1 Å². The fourth-order valence-electron chi connectivity index (χ4n) is 3.14. The van der Waals surface area contributed by atoms with Crippen LogP contribution in [0.2, 0.25) is 0 Å². The molecule has 0 spiro atoms. The second-order valence-electron chi connectivity index (χ2n) is 7.38. The van der Waals surface area contributed by atoms with Crippen LogP contribution in [-0.4, -0.2) is 18.5 Å². The van der Waals surface area contributed by atoms with Gasteiger partial charge in [0.15, 0.2) is 6.61 Å². The molecule has 0 aromatic heterocycles. The zero-order chi connectivity index (χ0) is 21.7. The fourth-order valence-corrected chi connectivity index (χ4v) is 3.14. The van der Waals surface area contributed by atoms with Crippen molar-refractivity contribution >= 4 is 17.6 Å². The van der Waals surface area contributed by atoms with Crippen LogP contribution in [0, 0.1) is 27.7 Å². The highest BCUT2D eigenvalue weighted by molar-refractivity contribution is 6.04. The molecule has 5 nitrogen and oxygen atoms in total. The van der Waals surface area contributed by atoms with E-state index >= 15 is 0 Å². The summed E-state index contributed by atoms with van der Waals surface area (Å²) in [5.41, 5.74) is 5.50. The molecule has 0 bridgehead atoms. The first-order chi connectivity index (χ1) is 14.3. The molecule has 1 amide bonds. The maximum absolute atomic E-state index is 12.5. The second-order valence-corrected chi connectivity index (χ2v) is 7.38. The number of rotatable bonds is 6. The number of aryl methyl sites for hydroxylation is 4. The minimum absolute atomic E-state index is 0.197. The quantitative estimate of drug-likeness (QED) is 0.456. The standard InChI is InChI=1S/C25H25NO4/c1-16-5-10-23(19(4)12-16)26-25(28)20-6-8-21(9-7-20)30-24(27)15-29-22-13-17(2)11-18(3)14-22/h5-14H,15H2,1-4H3,(H,26,28). The SMILES string of the molecule is Cc1cc(C)cc(OCC(=O)Oc2ccc(C(=O)Nc3ccc(C)cc3C)cc2)c1. The molecule has 5 heteroatoms. The topological polar surface area (TPSA) is 64.6 Å². The Morgan fingerprint density at radius 3 is 2.07 bits per heavy atom. The normalized spacial score (nSPS) is 10.4. The monoisotopic (exact) mass is 403 g/mol. The van der Waals surface area contributed by atoms with E-state index in [-0.39, 0.29) is 12.5 Å². The van der Waals surface area contributed by atoms with Crippen LogP contribution in [0.1, 0.15) is 32.6 Å². The summed E-state index contributed by atoms with van der Waals surface area (Å²) in [5, 5.41) is 2.89. The van der Waals surface area contributed by atoms with Crippen molar-refractivity contribution in [2.45, 2.75) is 27.7 Å². The zero-order valence-electron chi connectivity index (χ0n) is 17.6. The largest absolute Gasteiger partial charge is 0.482 e. The molecule has 30 heavy (non-hydrogen) atoms. The maximum atomic E-state index is 12.5. The van der Waals surface area contributed by atoms with Crippen molar-refractivity contribution in [3.63, 3.8) is 0 Å². The van der Waals surface area contributed by atoms with E-state index in [0.717, 1.165) is 27.9 Å². The van der Waals surface area contributed by atoms with Gasteiger partial charge < -0.3 is 14.8 Å². The third-order valence-corrected chi connectivity index (χ3v) is 4.53. The molecule has 0 radical (unpaired) electrons. The van der Waals surface area contributed by atoms with Gasteiger partial charge in [-0.2, -0.15) is 0 Å². The van der Waals surface area contributed by atoms with Crippen molar-refractivity contribution in [2.75, 3.05) is 11.9 Å². The van der Waals surface area contributed by atoms with Crippen LogP contribution in [0.5, 0.6) is 11.5 Å². The Kier molecular flexibility index (Phi) is 6.52. The molecule has 0 unspecified atom stereocenters. The molecule has 0 aliphatic carbocycles. The molecular weight excluding hydrogens is 378 g/mol. The van der Waals surface area contributed by atoms with Crippen LogP contribution in [-0.2, 0) is 4.79 Å². The summed E-state index contributed by atoms with van der Waals surface area (Å²) in [6.07, 6.45) is 0. The van der Waals surface area contributed by atoms with E-state index in [9.17, 15) is 9.59 Å². The Bertz CT molecular complexity index is 1050. The molecule has 3 aromatic carbocycles. The van der Waals surface area contributed by atoms with E-state index in [4.69, 9.17) is 9.47 Å². The van der Waals surface area contributed by atoms with Crippen LogP contribution in [0.25, 0.3) is 0 Å². The molecule has 0 aliphatic rings. The summed E-state index contributed by atoms with van der Waals surface area (Å²) < 4.78 is 10.8. The van der Waals surface area contributed by atoms with Crippen molar-refractivity contribution in [1.82, 2.24) is 0 Å². The lowest BCUT2D eigenvalue weighted by Gasteiger charge is -2.10. The number of esters is 1. The van der Waals surface area contributed by atoms with Crippen molar-refractivity contribution in [2.24, 2.45) is 0 Å².